The Balaban J connectivity index is 2.12. The Bertz CT molecular complexity index is 1110. The van der Waals surface area contributed by atoms with Crippen LogP contribution in [-0.4, -0.2) is 48.8 Å². The fourth-order valence-corrected chi connectivity index (χ4v) is 4.15. The maximum Gasteiger partial charge on any atom is 0.325 e. The first-order chi connectivity index (χ1) is 15.8. The summed E-state index contributed by atoms with van der Waals surface area (Å²) in [5.41, 5.74) is 1.36. The minimum Gasteiger partial charge on any atom is -0.493 e. The van der Waals surface area contributed by atoms with E-state index >= 15 is 0 Å². The maximum absolute atomic E-state index is 13.5. The molecule has 0 spiro atoms. The summed E-state index contributed by atoms with van der Waals surface area (Å²) in [5.74, 6) is 0.217. The fraction of sp³-hybridized carbons (Fsp3) is 0.261. The molecule has 0 unspecified atom stereocenters. The number of rotatable bonds is 8. The highest BCUT2D eigenvalue weighted by Gasteiger charge is 2.40. The van der Waals surface area contributed by atoms with Crippen LogP contribution in [0.5, 0.6) is 11.5 Å². The van der Waals surface area contributed by atoms with Gasteiger partial charge in [0.25, 0.3) is 5.91 Å². The Morgan fingerprint density at radius 1 is 1.12 bits per heavy atom. The lowest BCUT2D eigenvalue weighted by Crippen LogP contribution is -2.35. The molecule has 2 aromatic carbocycles. The van der Waals surface area contributed by atoms with E-state index in [2.05, 4.69) is 15.9 Å². The molecule has 0 radical (unpaired) electrons. The molecule has 0 saturated carbocycles. The van der Waals surface area contributed by atoms with Gasteiger partial charge in [-0.15, -0.1) is 0 Å². The van der Waals surface area contributed by atoms with E-state index in [1.54, 1.807) is 42.5 Å². The number of carbonyl (C=O) groups excluding carboxylic acids is 2. The summed E-state index contributed by atoms with van der Waals surface area (Å²) in [5, 5.41) is 0.682. The SMILES string of the molecule is CCOc1cc(OCC)c(/C=C2/C(=O)N(c3ccc(Cl)cc3)C(=S)N2CC(=O)OC)cc1Br. The van der Waals surface area contributed by atoms with Crippen LogP contribution in [0.2, 0.25) is 5.02 Å². The Labute approximate surface area is 211 Å². The summed E-state index contributed by atoms with van der Waals surface area (Å²) in [6.45, 7) is 4.43. The van der Waals surface area contributed by atoms with Crippen LogP contribution in [0, 0.1) is 0 Å². The van der Waals surface area contributed by atoms with Gasteiger partial charge in [0.05, 0.1) is 30.5 Å². The first-order valence-electron chi connectivity index (χ1n) is 10.1. The molecule has 0 bridgehead atoms. The van der Waals surface area contributed by atoms with Crippen molar-refractivity contribution in [2.45, 2.75) is 13.8 Å². The van der Waals surface area contributed by atoms with Gasteiger partial charge in [-0.2, -0.15) is 0 Å². The van der Waals surface area contributed by atoms with Gasteiger partial charge < -0.3 is 19.1 Å². The van der Waals surface area contributed by atoms with Gasteiger partial charge in [-0.05, 0) is 78.4 Å². The van der Waals surface area contributed by atoms with Crippen molar-refractivity contribution >= 4 is 68.5 Å². The average molecular weight is 554 g/mol. The van der Waals surface area contributed by atoms with E-state index in [4.69, 9.17) is 38.0 Å². The smallest absolute Gasteiger partial charge is 0.325 e. The van der Waals surface area contributed by atoms with Crippen molar-refractivity contribution in [3.05, 3.63) is 57.2 Å². The summed E-state index contributed by atoms with van der Waals surface area (Å²) in [6, 6.07) is 10.2. The van der Waals surface area contributed by atoms with Crippen LogP contribution in [0.4, 0.5) is 5.69 Å². The van der Waals surface area contributed by atoms with Gasteiger partial charge in [0.2, 0.25) is 0 Å². The number of hydrogen-bond donors (Lipinski definition) is 0. The summed E-state index contributed by atoms with van der Waals surface area (Å²) in [7, 11) is 1.28. The lowest BCUT2D eigenvalue weighted by atomic mass is 10.1. The normalized spacial score (nSPS) is 14.8. The van der Waals surface area contributed by atoms with Crippen LogP contribution < -0.4 is 14.4 Å². The molecule has 0 N–H and O–H groups in total. The van der Waals surface area contributed by atoms with E-state index in [0.29, 0.717) is 45.5 Å². The summed E-state index contributed by atoms with van der Waals surface area (Å²) >= 11 is 15.1. The highest BCUT2D eigenvalue weighted by atomic mass is 79.9. The second kappa shape index (κ2) is 11.0. The van der Waals surface area contributed by atoms with Crippen molar-refractivity contribution in [3.8, 4) is 11.5 Å². The molecule has 0 aromatic heterocycles. The topological polar surface area (TPSA) is 68.3 Å². The second-order valence-corrected chi connectivity index (χ2v) is 8.43. The zero-order valence-electron chi connectivity index (χ0n) is 18.3. The van der Waals surface area contributed by atoms with E-state index in [-0.39, 0.29) is 17.4 Å². The first-order valence-corrected chi connectivity index (χ1v) is 11.7. The van der Waals surface area contributed by atoms with Crippen LogP contribution in [0.25, 0.3) is 6.08 Å². The second-order valence-electron chi connectivity index (χ2n) is 6.78. The third-order valence-corrected chi connectivity index (χ3v) is 5.97. The number of nitrogens with zero attached hydrogens (tertiary/aromatic N) is 2. The minimum atomic E-state index is -0.535. The summed E-state index contributed by atoms with van der Waals surface area (Å²) in [6.07, 6.45) is 1.64. The van der Waals surface area contributed by atoms with Crippen LogP contribution >= 0.6 is 39.7 Å². The molecule has 1 amide bonds. The molecule has 1 fully saturated rings. The van der Waals surface area contributed by atoms with E-state index in [0.717, 1.165) is 0 Å². The van der Waals surface area contributed by atoms with Gasteiger partial charge in [0.1, 0.15) is 23.7 Å². The van der Waals surface area contributed by atoms with Crippen molar-refractivity contribution in [2.24, 2.45) is 0 Å². The van der Waals surface area contributed by atoms with E-state index < -0.39 is 11.9 Å². The van der Waals surface area contributed by atoms with Crippen LogP contribution in [-0.2, 0) is 14.3 Å². The third kappa shape index (κ3) is 5.48. The predicted octanol–water partition coefficient (Wildman–Crippen LogP) is 5.05. The van der Waals surface area contributed by atoms with Gasteiger partial charge in [-0.1, -0.05) is 11.6 Å². The minimum absolute atomic E-state index is 0.155. The number of esters is 1. The predicted molar refractivity (Wildman–Crippen MR) is 135 cm³/mol. The van der Waals surface area contributed by atoms with Crippen LogP contribution in [0.3, 0.4) is 0 Å². The standard InChI is InChI=1S/C23H22BrClN2O5S/c1-4-31-19-12-20(32-5-2)17(24)10-14(19)11-18-22(29)27(16-8-6-15(25)7-9-16)23(33)26(18)13-21(28)30-3/h6-12H,4-5,13H2,1-3H3/b18-11-. The maximum atomic E-state index is 13.5. The van der Waals surface area contributed by atoms with Gasteiger partial charge in [-0.3, -0.25) is 14.5 Å². The molecule has 1 saturated heterocycles. The first kappa shape index (κ1) is 25.0. The van der Waals surface area contributed by atoms with Crippen molar-refractivity contribution in [1.29, 1.82) is 0 Å². The molecule has 33 heavy (non-hydrogen) atoms. The number of hydrogen-bond acceptors (Lipinski definition) is 6. The largest absolute Gasteiger partial charge is 0.493 e. The number of thiocarbonyl (C=S) groups is 1. The van der Waals surface area contributed by atoms with Crippen LogP contribution in [0.15, 0.2) is 46.6 Å². The molecular formula is C23H22BrClN2O5S. The highest BCUT2D eigenvalue weighted by Crippen LogP contribution is 2.36. The lowest BCUT2D eigenvalue weighted by Gasteiger charge is -2.19. The summed E-state index contributed by atoms with van der Waals surface area (Å²) in [4.78, 5) is 28.4. The number of anilines is 1. The number of methoxy groups -OCH3 is 1. The Hall–Kier alpha value is -2.62. The molecule has 1 aliphatic heterocycles. The molecular weight excluding hydrogens is 532 g/mol. The molecule has 1 heterocycles. The molecule has 3 rings (SSSR count). The molecule has 10 heteroatoms. The molecule has 1 aliphatic rings. The number of carbonyl (C=O) groups is 2. The Morgan fingerprint density at radius 3 is 2.36 bits per heavy atom. The van der Waals surface area contributed by atoms with Gasteiger partial charge >= 0.3 is 5.97 Å². The zero-order chi connectivity index (χ0) is 24.1. The fourth-order valence-electron chi connectivity index (χ4n) is 3.20. The third-order valence-electron chi connectivity index (χ3n) is 4.69. The molecule has 0 atom stereocenters. The number of benzene rings is 2. The lowest BCUT2D eigenvalue weighted by molar-refractivity contribution is -0.140. The van der Waals surface area contributed by atoms with E-state index in [1.165, 1.54) is 16.9 Å². The van der Waals surface area contributed by atoms with Gasteiger partial charge in [0, 0.05) is 16.7 Å². The van der Waals surface area contributed by atoms with Crippen molar-refractivity contribution < 1.29 is 23.8 Å². The molecule has 174 valence electrons. The van der Waals surface area contributed by atoms with Crippen LogP contribution in [0.1, 0.15) is 19.4 Å². The number of ether oxygens (including phenoxy) is 3. The van der Waals surface area contributed by atoms with Crippen molar-refractivity contribution in [3.63, 3.8) is 0 Å². The highest BCUT2D eigenvalue weighted by molar-refractivity contribution is 9.10. The molecule has 2 aromatic rings. The average Bonchev–Trinajstić information content (AvgIpc) is 3.01. The van der Waals surface area contributed by atoms with Crippen molar-refractivity contribution in [1.82, 2.24) is 4.90 Å². The Morgan fingerprint density at radius 2 is 1.76 bits per heavy atom. The molecule has 0 aliphatic carbocycles. The zero-order valence-corrected chi connectivity index (χ0v) is 21.4. The number of amides is 1. The van der Waals surface area contributed by atoms with Crippen molar-refractivity contribution in [2.75, 3.05) is 31.8 Å². The monoisotopic (exact) mass is 552 g/mol. The number of halogens is 2. The molecule has 7 nitrogen and oxygen atoms in total. The van der Waals surface area contributed by atoms with Gasteiger partial charge in [0.15, 0.2) is 5.11 Å². The van der Waals surface area contributed by atoms with E-state index in [1.807, 2.05) is 13.8 Å². The van der Waals surface area contributed by atoms with Gasteiger partial charge in [-0.25, -0.2) is 0 Å². The van der Waals surface area contributed by atoms with E-state index in [9.17, 15) is 9.59 Å². The Kier molecular flexibility index (Phi) is 8.34. The summed E-state index contributed by atoms with van der Waals surface area (Å²) < 4.78 is 16.9. The quantitative estimate of drug-likeness (QED) is 0.257.